The number of hydrogen-bond donors (Lipinski definition) is 3. The summed E-state index contributed by atoms with van der Waals surface area (Å²) in [5.41, 5.74) is 0. The Kier molecular flexibility index (Phi) is 8.34. The molecule has 10 heteroatoms. The first-order chi connectivity index (χ1) is 15.4. The summed E-state index contributed by atoms with van der Waals surface area (Å²) in [6.07, 6.45) is 1.97. The van der Waals surface area contributed by atoms with Gasteiger partial charge >= 0.3 is 0 Å². The highest BCUT2D eigenvalue weighted by Gasteiger charge is 2.28. The third kappa shape index (κ3) is 6.36. The monoisotopic (exact) mass is 475 g/mol. The van der Waals surface area contributed by atoms with Crippen LogP contribution in [-0.2, 0) is 26.2 Å². The van der Waals surface area contributed by atoms with Gasteiger partial charge in [0.2, 0.25) is 15.9 Å². The highest BCUT2D eigenvalue weighted by molar-refractivity contribution is 7.89. The van der Waals surface area contributed by atoms with Crippen molar-refractivity contribution in [2.45, 2.75) is 36.9 Å². The number of ketones is 1. The first kappa shape index (κ1) is 23.9. The molecule has 8 nitrogen and oxygen atoms in total. The number of benzene rings is 1. The minimum atomic E-state index is -3.83. The maximum absolute atomic E-state index is 13.0. The summed E-state index contributed by atoms with van der Waals surface area (Å²) in [4.78, 5) is 26.5. The molecule has 0 aliphatic heterocycles. The molecule has 0 bridgehead atoms. The molecule has 2 heterocycles. The molecule has 1 aromatic carbocycles. The number of Topliss-reactive ketones (excluding diaryl/α,β-unsaturated/α-hetero) is 1. The fraction of sp³-hybridized carbons (Fsp3) is 0.273. The molecular weight excluding hydrogens is 450 g/mol. The van der Waals surface area contributed by atoms with E-state index < -0.39 is 28.7 Å². The van der Waals surface area contributed by atoms with Crippen LogP contribution in [0.15, 0.2) is 75.6 Å². The smallest absolute Gasteiger partial charge is 0.240 e. The van der Waals surface area contributed by atoms with Crippen molar-refractivity contribution in [3.63, 3.8) is 0 Å². The van der Waals surface area contributed by atoms with E-state index in [1.54, 1.807) is 42.5 Å². The summed E-state index contributed by atoms with van der Waals surface area (Å²) in [6.45, 7) is 1.66. The van der Waals surface area contributed by atoms with Crippen molar-refractivity contribution in [3.8, 4) is 0 Å². The minimum Gasteiger partial charge on any atom is -0.467 e. The zero-order valence-corrected chi connectivity index (χ0v) is 19.1. The normalized spacial score (nSPS) is 13.4. The first-order valence-corrected chi connectivity index (χ1v) is 12.4. The van der Waals surface area contributed by atoms with Gasteiger partial charge in [0.05, 0.1) is 30.3 Å². The van der Waals surface area contributed by atoms with E-state index in [0.717, 1.165) is 0 Å². The standard InChI is InChI=1S/C22H25N3O5S2/c1-2-18(22(27)23-14-16-8-6-12-30-16)25-21(20-11-7-13-31-20)19(26)15-24-32(28,29)17-9-4-3-5-10-17/h3-13,18,21,24-25H,2,14-15H2,1H3,(H,23,27). The third-order valence-electron chi connectivity index (χ3n) is 4.75. The zero-order chi connectivity index (χ0) is 23.0. The Labute approximate surface area is 191 Å². The fourth-order valence-electron chi connectivity index (χ4n) is 3.03. The average Bonchev–Trinajstić information content (AvgIpc) is 3.52. The first-order valence-electron chi connectivity index (χ1n) is 10.1. The van der Waals surface area contributed by atoms with E-state index in [4.69, 9.17) is 4.42 Å². The summed E-state index contributed by atoms with van der Waals surface area (Å²) < 4.78 is 32.5. The number of carbonyl (C=O) groups excluding carboxylic acids is 2. The zero-order valence-electron chi connectivity index (χ0n) is 17.5. The fourth-order valence-corrected chi connectivity index (χ4v) is 4.85. The van der Waals surface area contributed by atoms with Crippen molar-refractivity contribution in [1.82, 2.24) is 15.4 Å². The van der Waals surface area contributed by atoms with Crippen molar-refractivity contribution >= 4 is 33.1 Å². The molecule has 2 aromatic heterocycles. The van der Waals surface area contributed by atoms with Gasteiger partial charge in [0.1, 0.15) is 11.8 Å². The van der Waals surface area contributed by atoms with Crippen molar-refractivity contribution in [2.24, 2.45) is 0 Å². The molecule has 0 aliphatic rings. The van der Waals surface area contributed by atoms with Crippen LogP contribution in [0, 0.1) is 0 Å². The van der Waals surface area contributed by atoms with Gasteiger partial charge in [-0.3, -0.25) is 14.9 Å². The van der Waals surface area contributed by atoms with Gasteiger partial charge in [-0.1, -0.05) is 31.2 Å². The molecule has 0 saturated heterocycles. The number of hydrogen-bond acceptors (Lipinski definition) is 7. The third-order valence-corrected chi connectivity index (χ3v) is 7.10. The van der Waals surface area contributed by atoms with Gasteiger partial charge in [0, 0.05) is 4.88 Å². The highest BCUT2D eigenvalue weighted by atomic mass is 32.2. The van der Waals surface area contributed by atoms with E-state index >= 15 is 0 Å². The summed E-state index contributed by atoms with van der Waals surface area (Å²) in [7, 11) is -3.83. The van der Waals surface area contributed by atoms with Crippen LogP contribution < -0.4 is 15.4 Å². The SMILES string of the molecule is CCC(NC(C(=O)CNS(=O)(=O)c1ccccc1)c1cccs1)C(=O)NCc1ccco1. The van der Waals surface area contributed by atoms with Crippen molar-refractivity contribution in [1.29, 1.82) is 0 Å². The minimum absolute atomic E-state index is 0.0807. The summed E-state index contributed by atoms with van der Waals surface area (Å²) in [6, 6.07) is 13.4. The van der Waals surface area contributed by atoms with Crippen LogP contribution in [0.2, 0.25) is 0 Å². The molecule has 3 N–H and O–H groups in total. The topological polar surface area (TPSA) is 118 Å². The Morgan fingerprint density at radius 2 is 1.84 bits per heavy atom. The molecule has 0 spiro atoms. The molecular formula is C22H25N3O5S2. The number of nitrogens with one attached hydrogen (secondary N) is 3. The van der Waals surface area contributed by atoms with Gasteiger partial charge in [0.25, 0.3) is 0 Å². The van der Waals surface area contributed by atoms with Gasteiger partial charge < -0.3 is 9.73 Å². The number of amides is 1. The molecule has 0 fully saturated rings. The second-order valence-corrected chi connectivity index (χ2v) is 9.72. The van der Waals surface area contributed by atoms with Crippen LogP contribution in [-0.4, -0.2) is 32.7 Å². The maximum atomic E-state index is 13.0. The van der Waals surface area contributed by atoms with E-state index in [1.165, 1.54) is 29.7 Å². The van der Waals surface area contributed by atoms with E-state index in [0.29, 0.717) is 17.1 Å². The van der Waals surface area contributed by atoms with E-state index in [1.807, 2.05) is 12.3 Å². The molecule has 0 radical (unpaired) electrons. The van der Waals surface area contributed by atoms with E-state index in [9.17, 15) is 18.0 Å². The van der Waals surface area contributed by atoms with E-state index in [-0.39, 0.29) is 23.1 Å². The molecule has 170 valence electrons. The van der Waals surface area contributed by atoms with Crippen LogP contribution in [0.3, 0.4) is 0 Å². The largest absolute Gasteiger partial charge is 0.467 e. The van der Waals surface area contributed by atoms with Crippen LogP contribution >= 0.6 is 11.3 Å². The lowest BCUT2D eigenvalue weighted by atomic mass is 10.1. The predicted octanol–water partition coefficient (Wildman–Crippen LogP) is 2.61. The van der Waals surface area contributed by atoms with Crippen molar-refractivity contribution < 1.29 is 22.4 Å². The Hall–Kier alpha value is -2.79. The Morgan fingerprint density at radius 1 is 1.06 bits per heavy atom. The maximum Gasteiger partial charge on any atom is 0.240 e. The second kappa shape index (κ2) is 11.2. The van der Waals surface area contributed by atoms with Crippen molar-refractivity contribution in [3.05, 3.63) is 76.9 Å². The average molecular weight is 476 g/mol. The quantitative estimate of drug-likeness (QED) is 0.371. The lowest BCUT2D eigenvalue weighted by Gasteiger charge is -2.23. The molecule has 0 aliphatic carbocycles. The van der Waals surface area contributed by atoms with Crippen LogP contribution in [0.25, 0.3) is 0 Å². The molecule has 3 aromatic rings. The van der Waals surface area contributed by atoms with Crippen molar-refractivity contribution in [2.75, 3.05) is 6.54 Å². The number of sulfonamides is 1. The van der Waals surface area contributed by atoms with E-state index in [2.05, 4.69) is 15.4 Å². The Morgan fingerprint density at radius 3 is 2.47 bits per heavy atom. The highest BCUT2D eigenvalue weighted by Crippen LogP contribution is 2.21. The summed E-state index contributed by atoms with van der Waals surface area (Å²) in [5.74, 6) is -0.0400. The molecule has 0 saturated carbocycles. The molecule has 2 atom stereocenters. The predicted molar refractivity (Wildman–Crippen MR) is 121 cm³/mol. The molecule has 2 unspecified atom stereocenters. The summed E-state index contributed by atoms with van der Waals surface area (Å²) >= 11 is 1.36. The number of furan rings is 1. The second-order valence-electron chi connectivity index (χ2n) is 6.98. The lowest BCUT2D eigenvalue weighted by Crippen LogP contribution is -2.48. The number of thiophene rings is 1. The van der Waals surface area contributed by atoms with Crippen LogP contribution in [0.1, 0.15) is 30.0 Å². The van der Waals surface area contributed by atoms with Gasteiger partial charge in [-0.05, 0) is 42.1 Å². The lowest BCUT2D eigenvalue weighted by molar-refractivity contribution is -0.124. The molecule has 3 rings (SSSR count). The molecule has 32 heavy (non-hydrogen) atoms. The molecule has 1 amide bonds. The van der Waals surface area contributed by atoms with Crippen LogP contribution in [0.5, 0.6) is 0 Å². The van der Waals surface area contributed by atoms with Gasteiger partial charge in [-0.25, -0.2) is 13.1 Å². The van der Waals surface area contributed by atoms with Gasteiger partial charge in [-0.15, -0.1) is 11.3 Å². The summed E-state index contributed by atoms with van der Waals surface area (Å²) in [5, 5.41) is 7.71. The number of rotatable bonds is 12. The number of carbonyl (C=O) groups is 2. The Bertz CT molecular complexity index is 1100. The van der Waals surface area contributed by atoms with Crippen LogP contribution in [0.4, 0.5) is 0 Å². The van der Waals surface area contributed by atoms with Gasteiger partial charge in [0.15, 0.2) is 5.78 Å². The van der Waals surface area contributed by atoms with Gasteiger partial charge in [-0.2, -0.15) is 0 Å². The Balaban J connectivity index is 1.67.